The lowest BCUT2D eigenvalue weighted by atomic mass is 10.1. The van der Waals surface area contributed by atoms with E-state index in [1.54, 1.807) is 0 Å². The predicted molar refractivity (Wildman–Crippen MR) is 118 cm³/mol. The maximum Gasteiger partial charge on any atom is 0.104 e. The molecule has 0 aliphatic heterocycles. The lowest BCUT2D eigenvalue weighted by molar-refractivity contribution is -0.936. The van der Waals surface area contributed by atoms with Crippen LogP contribution in [0.4, 0.5) is 0 Å². The smallest absolute Gasteiger partial charge is 0.104 e. The van der Waals surface area contributed by atoms with Gasteiger partial charge in [-0.2, -0.15) is 0 Å². The van der Waals surface area contributed by atoms with Crippen LogP contribution in [0.25, 0.3) is 0 Å². The number of hydrogen-bond acceptors (Lipinski definition) is 0. The molecule has 0 unspecified atom stereocenters. The zero-order valence-corrected chi connectivity index (χ0v) is 20.4. The Morgan fingerprint density at radius 2 is 1.15 bits per heavy atom. The van der Waals surface area contributed by atoms with E-state index in [2.05, 4.69) is 37.3 Å². The summed E-state index contributed by atoms with van der Waals surface area (Å²) >= 11 is 12.3. The molecular formula is C23H40BrCl2N. The van der Waals surface area contributed by atoms with Crippen molar-refractivity contribution in [3.8, 4) is 0 Å². The minimum atomic E-state index is 0. The summed E-state index contributed by atoms with van der Waals surface area (Å²) in [6.45, 7) is 6.56. The lowest BCUT2D eigenvalue weighted by Gasteiger charge is -2.38. The van der Waals surface area contributed by atoms with E-state index < -0.39 is 0 Å². The Labute approximate surface area is 189 Å². The Morgan fingerprint density at radius 1 is 0.667 bits per heavy atom. The molecule has 27 heavy (non-hydrogen) atoms. The quantitative estimate of drug-likeness (QED) is 0.176. The van der Waals surface area contributed by atoms with Crippen molar-refractivity contribution in [3.05, 3.63) is 35.9 Å². The van der Waals surface area contributed by atoms with Crippen LogP contribution in [-0.4, -0.2) is 35.9 Å². The average Bonchev–Trinajstić information content (AvgIpc) is 2.64. The van der Waals surface area contributed by atoms with E-state index in [0.29, 0.717) is 11.8 Å². The van der Waals surface area contributed by atoms with Gasteiger partial charge >= 0.3 is 0 Å². The minimum absolute atomic E-state index is 0. The van der Waals surface area contributed by atoms with Gasteiger partial charge in [0.15, 0.2) is 0 Å². The van der Waals surface area contributed by atoms with Crippen LogP contribution in [0, 0.1) is 0 Å². The summed E-state index contributed by atoms with van der Waals surface area (Å²) in [6, 6.07) is 10.8. The Balaban J connectivity index is 0.00000676. The molecule has 0 spiro atoms. The topological polar surface area (TPSA) is 0 Å². The van der Waals surface area contributed by atoms with Crippen molar-refractivity contribution >= 4 is 23.2 Å². The third-order valence-electron chi connectivity index (χ3n) is 5.46. The molecule has 0 N–H and O–H groups in total. The highest BCUT2D eigenvalue weighted by molar-refractivity contribution is 6.18. The van der Waals surface area contributed by atoms with Gasteiger partial charge < -0.3 is 21.5 Å². The van der Waals surface area contributed by atoms with Crippen LogP contribution in [0.2, 0.25) is 0 Å². The number of alkyl halides is 2. The molecule has 0 bridgehead atoms. The van der Waals surface area contributed by atoms with Gasteiger partial charge in [0.25, 0.3) is 0 Å². The first-order valence-corrected chi connectivity index (χ1v) is 11.8. The molecule has 0 aromatic heterocycles. The van der Waals surface area contributed by atoms with Gasteiger partial charge in [-0.3, -0.25) is 0 Å². The van der Waals surface area contributed by atoms with E-state index in [-0.39, 0.29) is 17.0 Å². The van der Waals surface area contributed by atoms with Crippen LogP contribution >= 0.6 is 23.2 Å². The summed E-state index contributed by atoms with van der Waals surface area (Å²) in [4.78, 5) is 0. The second-order valence-corrected chi connectivity index (χ2v) is 8.47. The van der Waals surface area contributed by atoms with Crippen LogP contribution in [-0.2, 0) is 6.54 Å². The molecular weight excluding hydrogens is 441 g/mol. The monoisotopic (exact) mass is 479 g/mol. The highest BCUT2D eigenvalue weighted by Crippen LogP contribution is 2.19. The minimum Gasteiger partial charge on any atom is -1.00 e. The molecule has 4 heteroatoms. The van der Waals surface area contributed by atoms with Gasteiger partial charge in [0.1, 0.15) is 6.54 Å². The first-order chi connectivity index (χ1) is 12.8. The highest BCUT2D eigenvalue weighted by atomic mass is 79.9. The Bertz CT molecular complexity index is 422. The first-order valence-electron chi connectivity index (χ1n) is 10.8. The molecule has 0 saturated carbocycles. The van der Waals surface area contributed by atoms with Crippen molar-refractivity contribution < 1.29 is 21.5 Å². The molecule has 1 aromatic carbocycles. The van der Waals surface area contributed by atoms with Crippen molar-refractivity contribution in [1.29, 1.82) is 0 Å². The van der Waals surface area contributed by atoms with E-state index in [9.17, 15) is 0 Å². The maximum absolute atomic E-state index is 6.16. The molecule has 0 aliphatic rings. The number of rotatable bonds is 17. The number of quaternary nitrogens is 1. The molecule has 1 aromatic rings. The van der Waals surface area contributed by atoms with Gasteiger partial charge in [0.05, 0.1) is 31.4 Å². The molecule has 158 valence electrons. The standard InChI is InChI=1S/C23H40Cl2N.BrH/c1-2-3-4-5-6-7-8-9-10-14-19-26(20-17-24,21-18-25)22-23-15-12-11-13-16-23;/h11-13,15-16H,2-10,14,17-22H2,1H3;1H/q+1;/p-1. The summed E-state index contributed by atoms with van der Waals surface area (Å²) < 4.78 is 1.04. The normalized spacial score (nSPS) is 11.4. The zero-order valence-electron chi connectivity index (χ0n) is 17.3. The number of unbranched alkanes of at least 4 members (excludes halogenated alkanes) is 9. The lowest BCUT2D eigenvalue weighted by Crippen LogP contribution is -3.00. The molecule has 1 rings (SSSR count). The fraction of sp³-hybridized carbons (Fsp3) is 0.739. The first kappa shape index (κ1) is 27.2. The SMILES string of the molecule is CCCCCCCCCCCC[N+](CCCl)(CCCl)Cc1ccccc1.[Br-]. The van der Waals surface area contributed by atoms with E-state index in [4.69, 9.17) is 23.2 Å². The third kappa shape index (κ3) is 13.2. The van der Waals surface area contributed by atoms with E-state index in [1.165, 1.54) is 76.3 Å². The summed E-state index contributed by atoms with van der Waals surface area (Å²) in [6.07, 6.45) is 13.8. The molecule has 0 heterocycles. The van der Waals surface area contributed by atoms with Crippen molar-refractivity contribution in [1.82, 2.24) is 0 Å². The van der Waals surface area contributed by atoms with Gasteiger partial charge in [-0.05, 0) is 12.8 Å². The molecule has 0 saturated heterocycles. The van der Waals surface area contributed by atoms with Crippen LogP contribution in [0.15, 0.2) is 30.3 Å². The van der Waals surface area contributed by atoms with Crippen molar-refractivity contribution in [2.24, 2.45) is 0 Å². The molecule has 1 nitrogen and oxygen atoms in total. The molecule has 0 atom stereocenters. The fourth-order valence-electron chi connectivity index (χ4n) is 3.84. The van der Waals surface area contributed by atoms with Gasteiger partial charge in [-0.25, -0.2) is 0 Å². The molecule has 0 aliphatic carbocycles. The maximum atomic E-state index is 6.16. The molecule has 0 radical (unpaired) electrons. The van der Waals surface area contributed by atoms with Crippen molar-refractivity contribution in [2.45, 2.75) is 77.7 Å². The van der Waals surface area contributed by atoms with Crippen LogP contribution in [0.5, 0.6) is 0 Å². The van der Waals surface area contributed by atoms with E-state index >= 15 is 0 Å². The Hall–Kier alpha value is 0.240. The summed E-state index contributed by atoms with van der Waals surface area (Å²) in [5.74, 6) is 1.42. The Kier molecular flexibility index (Phi) is 18.4. The predicted octanol–water partition coefficient (Wildman–Crippen LogP) is 4.41. The summed E-state index contributed by atoms with van der Waals surface area (Å²) in [5, 5.41) is 0. The Morgan fingerprint density at radius 3 is 1.63 bits per heavy atom. The average molecular weight is 481 g/mol. The van der Waals surface area contributed by atoms with Gasteiger partial charge in [-0.1, -0.05) is 88.6 Å². The summed E-state index contributed by atoms with van der Waals surface area (Å²) in [7, 11) is 0. The largest absolute Gasteiger partial charge is 1.00 e. The van der Waals surface area contributed by atoms with E-state index in [0.717, 1.165) is 24.1 Å². The van der Waals surface area contributed by atoms with Crippen LogP contribution in [0.3, 0.4) is 0 Å². The second kappa shape index (κ2) is 18.3. The van der Waals surface area contributed by atoms with Crippen LogP contribution in [0.1, 0.15) is 76.7 Å². The molecule has 0 amide bonds. The highest BCUT2D eigenvalue weighted by Gasteiger charge is 2.26. The van der Waals surface area contributed by atoms with Crippen LogP contribution < -0.4 is 17.0 Å². The van der Waals surface area contributed by atoms with Gasteiger partial charge in [-0.15, -0.1) is 23.2 Å². The summed E-state index contributed by atoms with van der Waals surface area (Å²) in [5.41, 5.74) is 1.40. The number of halogens is 3. The number of nitrogens with zero attached hydrogens (tertiary/aromatic N) is 1. The molecule has 0 fully saturated rings. The van der Waals surface area contributed by atoms with Gasteiger partial charge in [0, 0.05) is 5.56 Å². The zero-order chi connectivity index (χ0) is 18.9. The van der Waals surface area contributed by atoms with E-state index in [1.807, 2.05) is 0 Å². The van der Waals surface area contributed by atoms with Crippen molar-refractivity contribution in [2.75, 3.05) is 31.4 Å². The van der Waals surface area contributed by atoms with Gasteiger partial charge in [0.2, 0.25) is 0 Å². The number of benzene rings is 1. The third-order valence-corrected chi connectivity index (χ3v) is 5.80. The fourth-order valence-corrected chi connectivity index (χ4v) is 4.55. The van der Waals surface area contributed by atoms with Crippen molar-refractivity contribution in [3.63, 3.8) is 0 Å². The number of hydrogen-bond donors (Lipinski definition) is 0. The second-order valence-electron chi connectivity index (χ2n) is 7.72.